The van der Waals surface area contributed by atoms with Crippen LogP contribution in [-0.4, -0.2) is 18.9 Å². The quantitative estimate of drug-likeness (QED) is 0.306. The fourth-order valence-electron chi connectivity index (χ4n) is 2.91. The number of fused-ring (bicyclic) bond motifs is 1. The van der Waals surface area contributed by atoms with Gasteiger partial charge in [-0.05, 0) is 48.5 Å². The van der Waals surface area contributed by atoms with Gasteiger partial charge in [0.05, 0.1) is 18.2 Å². The van der Waals surface area contributed by atoms with Crippen molar-refractivity contribution in [3.05, 3.63) is 93.7 Å². The number of ether oxygens (including phenoxy) is 3. The van der Waals surface area contributed by atoms with Crippen LogP contribution in [0.3, 0.4) is 0 Å². The minimum atomic E-state index is -0.494. The molecule has 0 amide bonds. The van der Waals surface area contributed by atoms with E-state index in [2.05, 4.69) is 15.9 Å². The summed E-state index contributed by atoms with van der Waals surface area (Å²) in [7, 11) is 1.56. The fourth-order valence-corrected chi connectivity index (χ4v) is 3.17. The molecule has 5 nitrogen and oxygen atoms in total. The van der Waals surface area contributed by atoms with Gasteiger partial charge in [0.1, 0.15) is 17.2 Å². The Bertz CT molecular complexity index is 1130. The third-order valence-electron chi connectivity index (χ3n) is 4.36. The van der Waals surface area contributed by atoms with E-state index >= 15 is 0 Å². The van der Waals surface area contributed by atoms with Crippen molar-refractivity contribution >= 4 is 33.8 Å². The lowest BCUT2D eigenvalue weighted by Gasteiger charge is -2.06. The van der Waals surface area contributed by atoms with Gasteiger partial charge in [-0.2, -0.15) is 0 Å². The van der Waals surface area contributed by atoms with Gasteiger partial charge in [0, 0.05) is 16.1 Å². The Hall–Kier alpha value is -3.38. The first-order valence-electron chi connectivity index (χ1n) is 8.74. The van der Waals surface area contributed by atoms with Crippen LogP contribution >= 0.6 is 15.9 Å². The SMILES string of the molecule is COc1ccccc1C=C1Oc2cc(OC(=O)c3ccc(Br)cc3)ccc2C1=O. The van der Waals surface area contributed by atoms with Gasteiger partial charge >= 0.3 is 5.97 Å². The maximum Gasteiger partial charge on any atom is 0.343 e. The van der Waals surface area contributed by atoms with Crippen LogP contribution in [-0.2, 0) is 0 Å². The van der Waals surface area contributed by atoms with Gasteiger partial charge < -0.3 is 14.2 Å². The Morgan fingerprint density at radius 2 is 1.79 bits per heavy atom. The minimum absolute atomic E-state index is 0.181. The van der Waals surface area contributed by atoms with E-state index in [1.165, 1.54) is 6.07 Å². The Kier molecular flexibility index (Phi) is 5.18. The summed E-state index contributed by atoms with van der Waals surface area (Å²) in [5, 5.41) is 0. The number of halogens is 1. The Balaban J connectivity index is 1.56. The summed E-state index contributed by atoms with van der Waals surface area (Å²) in [6, 6.07) is 18.9. The van der Waals surface area contributed by atoms with Gasteiger partial charge in [0.25, 0.3) is 0 Å². The van der Waals surface area contributed by atoms with Gasteiger partial charge in [0.15, 0.2) is 5.76 Å². The average Bonchev–Trinajstić information content (AvgIpc) is 3.03. The molecular formula is C23H15BrO5. The molecule has 3 aromatic carbocycles. The van der Waals surface area contributed by atoms with Crippen molar-refractivity contribution in [2.45, 2.75) is 0 Å². The molecule has 0 saturated carbocycles. The number of hydrogen-bond acceptors (Lipinski definition) is 5. The smallest absolute Gasteiger partial charge is 0.343 e. The second-order valence-corrected chi connectivity index (χ2v) is 7.15. The predicted molar refractivity (Wildman–Crippen MR) is 111 cm³/mol. The molecule has 0 aromatic heterocycles. The minimum Gasteiger partial charge on any atom is -0.496 e. The summed E-state index contributed by atoms with van der Waals surface area (Å²) in [6.07, 6.45) is 1.63. The highest BCUT2D eigenvalue weighted by molar-refractivity contribution is 9.10. The second kappa shape index (κ2) is 7.93. The molecular weight excluding hydrogens is 436 g/mol. The van der Waals surface area contributed by atoms with Crippen molar-refractivity contribution in [2.24, 2.45) is 0 Å². The summed E-state index contributed by atoms with van der Waals surface area (Å²) in [4.78, 5) is 24.9. The molecule has 1 aliphatic heterocycles. The molecule has 6 heteroatoms. The van der Waals surface area contributed by atoms with E-state index in [4.69, 9.17) is 14.2 Å². The Morgan fingerprint density at radius 3 is 2.55 bits per heavy atom. The van der Waals surface area contributed by atoms with Crippen molar-refractivity contribution in [2.75, 3.05) is 7.11 Å². The number of rotatable bonds is 4. The molecule has 3 aromatic rings. The number of ketones is 1. The normalized spacial score (nSPS) is 13.7. The van der Waals surface area contributed by atoms with Crippen LogP contribution in [0.4, 0.5) is 0 Å². The van der Waals surface area contributed by atoms with Crippen molar-refractivity contribution in [3.8, 4) is 17.2 Å². The molecule has 0 fully saturated rings. The van der Waals surface area contributed by atoms with Crippen LogP contribution in [0.15, 0.2) is 77.0 Å². The highest BCUT2D eigenvalue weighted by atomic mass is 79.9. The van der Waals surface area contributed by atoms with Crippen LogP contribution in [0.5, 0.6) is 17.2 Å². The average molecular weight is 451 g/mol. The highest BCUT2D eigenvalue weighted by Gasteiger charge is 2.28. The zero-order valence-electron chi connectivity index (χ0n) is 15.3. The first-order valence-corrected chi connectivity index (χ1v) is 9.53. The first kappa shape index (κ1) is 19.0. The Morgan fingerprint density at radius 1 is 1.03 bits per heavy atom. The van der Waals surface area contributed by atoms with E-state index in [0.717, 1.165) is 10.0 Å². The van der Waals surface area contributed by atoms with Crippen molar-refractivity contribution in [3.63, 3.8) is 0 Å². The van der Waals surface area contributed by atoms with E-state index in [0.29, 0.717) is 28.4 Å². The molecule has 0 saturated heterocycles. The van der Waals surface area contributed by atoms with E-state index in [-0.39, 0.29) is 11.5 Å². The van der Waals surface area contributed by atoms with E-state index in [9.17, 15) is 9.59 Å². The summed E-state index contributed by atoms with van der Waals surface area (Å²) in [6.45, 7) is 0. The number of methoxy groups -OCH3 is 1. The number of hydrogen-bond donors (Lipinski definition) is 0. The lowest BCUT2D eigenvalue weighted by molar-refractivity contribution is 0.0734. The molecule has 0 aliphatic carbocycles. The van der Waals surface area contributed by atoms with Gasteiger partial charge in [-0.1, -0.05) is 34.1 Å². The van der Waals surface area contributed by atoms with Crippen molar-refractivity contribution in [1.29, 1.82) is 0 Å². The maximum atomic E-state index is 12.6. The third kappa shape index (κ3) is 3.93. The zero-order chi connectivity index (χ0) is 20.4. The number of para-hydroxylation sites is 1. The zero-order valence-corrected chi connectivity index (χ0v) is 16.9. The molecule has 29 heavy (non-hydrogen) atoms. The van der Waals surface area contributed by atoms with E-state index in [1.807, 2.05) is 18.2 Å². The van der Waals surface area contributed by atoms with Crippen LogP contribution in [0.1, 0.15) is 26.3 Å². The summed E-state index contributed by atoms with van der Waals surface area (Å²) in [5.41, 5.74) is 1.56. The molecule has 0 N–H and O–H groups in total. The van der Waals surface area contributed by atoms with Crippen LogP contribution in [0.2, 0.25) is 0 Å². The molecule has 0 spiro atoms. The van der Waals surface area contributed by atoms with Gasteiger partial charge in [-0.15, -0.1) is 0 Å². The monoisotopic (exact) mass is 450 g/mol. The van der Waals surface area contributed by atoms with Gasteiger partial charge in [-0.25, -0.2) is 4.79 Å². The van der Waals surface area contributed by atoms with E-state index < -0.39 is 5.97 Å². The maximum absolute atomic E-state index is 12.6. The molecule has 1 aliphatic rings. The number of Topliss-reactive ketones (excluding diaryl/α,β-unsaturated/α-hetero) is 1. The molecule has 0 bridgehead atoms. The van der Waals surface area contributed by atoms with Crippen molar-refractivity contribution in [1.82, 2.24) is 0 Å². The molecule has 1 heterocycles. The molecule has 0 atom stereocenters. The lowest BCUT2D eigenvalue weighted by Crippen LogP contribution is -2.08. The summed E-state index contributed by atoms with van der Waals surface area (Å²) < 4.78 is 17.3. The molecule has 0 radical (unpaired) electrons. The number of carbonyl (C=O) groups is 2. The first-order chi connectivity index (χ1) is 14.0. The van der Waals surface area contributed by atoms with E-state index in [1.54, 1.807) is 55.7 Å². The lowest BCUT2D eigenvalue weighted by atomic mass is 10.1. The largest absolute Gasteiger partial charge is 0.496 e. The number of esters is 1. The number of carbonyl (C=O) groups excluding carboxylic acids is 2. The predicted octanol–water partition coefficient (Wildman–Crippen LogP) is 5.29. The summed E-state index contributed by atoms with van der Waals surface area (Å²) in [5.74, 6) is 0.723. The molecule has 4 rings (SSSR count). The number of allylic oxidation sites excluding steroid dienone is 1. The Labute approximate surface area is 175 Å². The highest BCUT2D eigenvalue weighted by Crippen LogP contribution is 2.36. The van der Waals surface area contributed by atoms with Crippen LogP contribution < -0.4 is 14.2 Å². The van der Waals surface area contributed by atoms with Gasteiger partial charge in [-0.3, -0.25) is 4.79 Å². The second-order valence-electron chi connectivity index (χ2n) is 6.24. The molecule has 144 valence electrons. The molecule has 0 unspecified atom stereocenters. The van der Waals surface area contributed by atoms with Gasteiger partial charge in [0.2, 0.25) is 5.78 Å². The fraction of sp³-hybridized carbons (Fsp3) is 0.0435. The van der Waals surface area contributed by atoms with Crippen LogP contribution in [0, 0.1) is 0 Å². The summed E-state index contributed by atoms with van der Waals surface area (Å²) >= 11 is 3.33. The van der Waals surface area contributed by atoms with Crippen molar-refractivity contribution < 1.29 is 23.8 Å². The standard InChI is InChI=1S/C23H15BrO5/c1-27-19-5-3-2-4-15(19)12-21-22(25)18-11-10-17(13-20(18)29-21)28-23(26)14-6-8-16(24)9-7-14/h2-13H,1H3. The van der Waals surface area contributed by atoms with Crippen LogP contribution in [0.25, 0.3) is 6.08 Å². The topological polar surface area (TPSA) is 61.8 Å². The third-order valence-corrected chi connectivity index (χ3v) is 4.89. The number of benzene rings is 3.